The van der Waals surface area contributed by atoms with Crippen LogP contribution in [0.25, 0.3) is 0 Å². The highest BCUT2D eigenvalue weighted by Gasteiger charge is 2.26. The Bertz CT molecular complexity index is 482. The second kappa shape index (κ2) is 5.23. The molecule has 0 heterocycles. The smallest absolute Gasteiger partial charge is 0.258 e. The van der Waals surface area contributed by atoms with Gasteiger partial charge >= 0.3 is 0 Å². The van der Waals surface area contributed by atoms with Gasteiger partial charge in [-0.15, -0.1) is 0 Å². The van der Waals surface area contributed by atoms with Crippen molar-refractivity contribution >= 4 is 10.8 Å². The molecule has 4 nitrogen and oxygen atoms in total. The summed E-state index contributed by atoms with van der Waals surface area (Å²) in [6, 6.07) is 8.92. The van der Waals surface area contributed by atoms with Crippen molar-refractivity contribution < 1.29 is 9.13 Å². The van der Waals surface area contributed by atoms with Gasteiger partial charge in [-0.05, 0) is 31.4 Å². The average Bonchev–Trinajstić information content (AvgIpc) is 2.39. The number of hydrogen-bond acceptors (Lipinski definition) is 3. The maximum Gasteiger partial charge on any atom is 0.258 e. The first kappa shape index (κ1) is 12.0. The topological polar surface area (TPSA) is 60.2 Å². The fourth-order valence-electron chi connectivity index (χ4n) is 1.94. The maximum absolute atomic E-state index is 12.3. The van der Waals surface area contributed by atoms with E-state index < -0.39 is 10.8 Å². The summed E-state index contributed by atoms with van der Waals surface area (Å²) in [7, 11) is -1.38. The summed E-state index contributed by atoms with van der Waals surface area (Å²) < 4.78 is 12.3. The van der Waals surface area contributed by atoms with E-state index >= 15 is 0 Å². The lowest BCUT2D eigenvalue weighted by Gasteiger charge is -2.13. The summed E-state index contributed by atoms with van der Waals surface area (Å²) in [5.74, 6) is 0. The highest BCUT2D eigenvalue weighted by molar-refractivity contribution is 7.89. The van der Waals surface area contributed by atoms with Crippen LogP contribution in [0.2, 0.25) is 0 Å². The molecule has 0 saturated carbocycles. The Labute approximate surface area is 102 Å². The fraction of sp³-hybridized carbons (Fsp3) is 0.333. The van der Waals surface area contributed by atoms with Gasteiger partial charge in [0.25, 0.3) is 5.70 Å². The lowest BCUT2D eigenvalue weighted by molar-refractivity contribution is -0.429. The molecule has 0 spiro atoms. The van der Waals surface area contributed by atoms with E-state index in [-0.39, 0.29) is 10.6 Å². The third kappa shape index (κ3) is 2.61. The van der Waals surface area contributed by atoms with Gasteiger partial charge in [0.2, 0.25) is 0 Å². The van der Waals surface area contributed by atoms with Gasteiger partial charge in [0.15, 0.2) is 0 Å². The molecular formula is C12H13NO3S. The first-order valence-electron chi connectivity index (χ1n) is 5.53. The molecule has 0 radical (unpaired) electrons. The van der Waals surface area contributed by atoms with Crippen molar-refractivity contribution in [2.75, 3.05) is 0 Å². The van der Waals surface area contributed by atoms with Crippen LogP contribution in [-0.4, -0.2) is 9.13 Å². The molecule has 0 bridgehead atoms. The van der Waals surface area contributed by atoms with E-state index in [1.807, 2.05) is 6.07 Å². The van der Waals surface area contributed by atoms with E-state index in [1.54, 1.807) is 24.3 Å². The summed E-state index contributed by atoms with van der Waals surface area (Å²) in [6.07, 6.45) is 2.69. The van der Waals surface area contributed by atoms with Gasteiger partial charge in [-0.1, -0.05) is 18.2 Å². The van der Waals surface area contributed by atoms with Crippen molar-refractivity contribution in [1.82, 2.24) is 0 Å². The third-order valence-corrected chi connectivity index (χ3v) is 4.38. The zero-order valence-electron chi connectivity index (χ0n) is 9.30. The van der Waals surface area contributed by atoms with Crippen LogP contribution in [0.3, 0.4) is 0 Å². The molecule has 1 aromatic carbocycles. The van der Waals surface area contributed by atoms with Gasteiger partial charge in [0.05, 0.1) is 20.6 Å². The van der Waals surface area contributed by atoms with Crippen LogP contribution in [0, 0.1) is 10.1 Å². The summed E-state index contributed by atoms with van der Waals surface area (Å²) in [6.45, 7) is 0. The van der Waals surface area contributed by atoms with Gasteiger partial charge in [-0.3, -0.25) is 10.1 Å². The summed E-state index contributed by atoms with van der Waals surface area (Å²) in [5, 5.41) is 10.9. The SMILES string of the molecule is O=[N+]([O-])C1=C(S(=O)c2ccccc2)CCCC1. The molecule has 17 heavy (non-hydrogen) atoms. The minimum absolute atomic E-state index is 0.151. The van der Waals surface area contributed by atoms with Crippen molar-refractivity contribution in [3.8, 4) is 0 Å². The van der Waals surface area contributed by atoms with Crippen LogP contribution in [-0.2, 0) is 10.8 Å². The average molecular weight is 251 g/mol. The third-order valence-electron chi connectivity index (χ3n) is 2.79. The molecule has 1 aromatic rings. The lowest BCUT2D eigenvalue weighted by atomic mass is 10.1. The van der Waals surface area contributed by atoms with E-state index in [1.165, 1.54) is 0 Å². The van der Waals surface area contributed by atoms with Gasteiger partial charge in [-0.25, -0.2) is 4.21 Å². The summed E-state index contributed by atoms with van der Waals surface area (Å²) in [5.41, 5.74) is 0.151. The predicted octanol–water partition coefficient (Wildman–Crippen LogP) is 2.86. The van der Waals surface area contributed by atoms with Crippen LogP contribution in [0.15, 0.2) is 45.8 Å². The predicted molar refractivity (Wildman–Crippen MR) is 65.3 cm³/mol. The monoisotopic (exact) mass is 251 g/mol. The molecular weight excluding hydrogens is 238 g/mol. The van der Waals surface area contributed by atoms with Crippen molar-refractivity contribution in [3.05, 3.63) is 51.0 Å². The minimum Gasteiger partial charge on any atom is -0.259 e. The van der Waals surface area contributed by atoms with Crippen molar-refractivity contribution in [2.45, 2.75) is 30.6 Å². The molecule has 0 N–H and O–H groups in total. The van der Waals surface area contributed by atoms with E-state index in [2.05, 4.69) is 0 Å². The molecule has 90 valence electrons. The maximum atomic E-state index is 12.3. The lowest BCUT2D eigenvalue weighted by Crippen LogP contribution is -2.11. The molecule has 0 aliphatic heterocycles. The normalized spacial score (nSPS) is 17.9. The minimum atomic E-state index is -1.38. The van der Waals surface area contributed by atoms with Crippen molar-refractivity contribution in [1.29, 1.82) is 0 Å². The van der Waals surface area contributed by atoms with E-state index in [9.17, 15) is 14.3 Å². The van der Waals surface area contributed by atoms with Gasteiger partial charge < -0.3 is 0 Å². The highest BCUT2D eigenvalue weighted by atomic mass is 32.2. The molecule has 1 unspecified atom stereocenters. The number of allylic oxidation sites excluding steroid dienone is 2. The van der Waals surface area contributed by atoms with Gasteiger partial charge in [-0.2, -0.15) is 0 Å². The molecule has 0 saturated heterocycles. The van der Waals surface area contributed by atoms with Crippen molar-refractivity contribution in [2.24, 2.45) is 0 Å². The Hall–Kier alpha value is -1.49. The highest BCUT2D eigenvalue weighted by Crippen LogP contribution is 2.30. The summed E-state index contributed by atoms with van der Waals surface area (Å²) >= 11 is 0. The Morgan fingerprint density at radius 3 is 2.41 bits per heavy atom. The molecule has 2 rings (SSSR count). The fourth-order valence-corrected chi connectivity index (χ4v) is 3.35. The first-order valence-corrected chi connectivity index (χ1v) is 6.68. The number of nitrogens with zero attached hydrogens (tertiary/aromatic N) is 1. The second-order valence-corrected chi connectivity index (χ2v) is 5.42. The first-order chi connectivity index (χ1) is 8.20. The van der Waals surface area contributed by atoms with E-state index in [4.69, 9.17) is 0 Å². The Morgan fingerprint density at radius 2 is 1.76 bits per heavy atom. The standard InChI is InChI=1S/C12H13NO3S/c14-13(15)11-8-4-5-9-12(11)17(16)10-6-2-1-3-7-10/h1-3,6-7H,4-5,8-9H2. The molecule has 0 amide bonds. The van der Waals surface area contributed by atoms with Crippen LogP contribution in [0.4, 0.5) is 0 Å². The molecule has 0 aromatic heterocycles. The van der Waals surface area contributed by atoms with Gasteiger partial charge in [0, 0.05) is 11.3 Å². The number of rotatable bonds is 3. The zero-order valence-corrected chi connectivity index (χ0v) is 10.1. The van der Waals surface area contributed by atoms with Crippen molar-refractivity contribution in [3.63, 3.8) is 0 Å². The quantitative estimate of drug-likeness (QED) is 0.613. The number of hydrogen-bond donors (Lipinski definition) is 0. The molecule has 5 heteroatoms. The molecule has 1 aliphatic carbocycles. The summed E-state index contributed by atoms with van der Waals surface area (Å²) in [4.78, 5) is 11.7. The number of benzene rings is 1. The Kier molecular flexibility index (Phi) is 3.68. The molecule has 1 atom stereocenters. The van der Waals surface area contributed by atoms with E-state index in [0.29, 0.717) is 22.6 Å². The molecule has 1 aliphatic rings. The van der Waals surface area contributed by atoms with Crippen LogP contribution in [0.5, 0.6) is 0 Å². The zero-order chi connectivity index (χ0) is 12.3. The Morgan fingerprint density at radius 1 is 1.12 bits per heavy atom. The van der Waals surface area contributed by atoms with E-state index in [0.717, 1.165) is 12.8 Å². The Balaban J connectivity index is 2.38. The van der Waals surface area contributed by atoms with Gasteiger partial charge in [0.1, 0.15) is 0 Å². The van der Waals surface area contributed by atoms with Crippen LogP contribution in [0.1, 0.15) is 25.7 Å². The van der Waals surface area contributed by atoms with Crippen LogP contribution >= 0.6 is 0 Å². The van der Waals surface area contributed by atoms with Crippen LogP contribution < -0.4 is 0 Å². The second-order valence-electron chi connectivity index (χ2n) is 3.92. The molecule has 0 fully saturated rings. The largest absolute Gasteiger partial charge is 0.259 e. The number of nitro groups is 1.